The Morgan fingerprint density at radius 2 is 2.00 bits per heavy atom. The normalized spacial score (nSPS) is 19.7. The highest BCUT2D eigenvalue weighted by molar-refractivity contribution is 5.87. The number of nitrogens with one attached hydrogen (secondary N) is 1. The summed E-state index contributed by atoms with van der Waals surface area (Å²) in [5, 5.41) is 2.87. The number of rotatable bonds is 7. The van der Waals surface area contributed by atoms with E-state index in [4.69, 9.17) is 18.9 Å². The first-order valence-corrected chi connectivity index (χ1v) is 11.4. The van der Waals surface area contributed by atoms with Gasteiger partial charge in [0.05, 0.1) is 49.5 Å². The van der Waals surface area contributed by atoms with E-state index in [0.29, 0.717) is 25.0 Å². The highest BCUT2D eigenvalue weighted by Crippen LogP contribution is 2.30. The Morgan fingerprint density at radius 1 is 1.26 bits per heavy atom. The lowest BCUT2D eigenvalue weighted by Gasteiger charge is -2.39. The van der Waals surface area contributed by atoms with Crippen LogP contribution in [0.15, 0.2) is 18.3 Å². The molecule has 1 fully saturated rings. The van der Waals surface area contributed by atoms with Gasteiger partial charge in [0.2, 0.25) is 5.88 Å². The minimum absolute atomic E-state index is 0.101. The Bertz CT molecular complexity index is 1060. The maximum atomic E-state index is 15.1. The standard InChI is InChI=1S/C24H33FN4O6/c1-24(2,3)35-23(31)27-16-9-10-29(13-18(16)32-4)12-14(22(30)34-6)20-15(25)11-26-17-7-8-19(33-5)28-21(17)20/h7-8,11,14,16,18H,9-10,12-13H2,1-6H3,(H,27,31)/t14?,16-,18+/m0/s1. The molecule has 10 nitrogen and oxygen atoms in total. The lowest BCUT2D eigenvalue weighted by molar-refractivity contribution is -0.143. The van der Waals surface area contributed by atoms with Crippen LogP contribution in [0.5, 0.6) is 5.88 Å². The summed E-state index contributed by atoms with van der Waals surface area (Å²) in [7, 11) is 4.28. The molecule has 0 radical (unpaired) electrons. The van der Waals surface area contributed by atoms with Crippen LogP contribution in [0.2, 0.25) is 0 Å². The summed E-state index contributed by atoms with van der Waals surface area (Å²) in [5.74, 6) is -1.93. The van der Waals surface area contributed by atoms with Crippen LogP contribution >= 0.6 is 0 Å². The van der Waals surface area contributed by atoms with Crippen LogP contribution in [-0.2, 0) is 19.0 Å². The fraction of sp³-hybridized carbons (Fsp3) is 0.583. The smallest absolute Gasteiger partial charge is 0.407 e. The lowest BCUT2D eigenvalue weighted by Crippen LogP contribution is -2.56. The zero-order chi connectivity index (χ0) is 25.8. The number of esters is 1. The molecule has 3 heterocycles. The number of carbonyl (C=O) groups is 2. The number of amides is 1. The summed E-state index contributed by atoms with van der Waals surface area (Å²) in [4.78, 5) is 35.5. The second-order valence-electron chi connectivity index (χ2n) is 9.39. The molecule has 3 rings (SSSR count). The number of pyridine rings is 2. The second-order valence-corrected chi connectivity index (χ2v) is 9.39. The number of alkyl carbamates (subject to hydrolysis) is 1. The topological polar surface area (TPSA) is 112 Å². The van der Waals surface area contributed by atoms with Gasteiger partial charge in [0, 0.05) is 38.4 Å². The van der Waals surface area contributed by atoms with E-state index in [1.807, 2.05) is 4.90 Å². The molecule has 0 aliphatic carbocycles. The third kappa shape index (κ3) is 6.55. The summed E-state index contributed by atoms with van der Waals surface area (Å²) < 4.78 is 36.3. The lowest BCUT2D eigenvalue weighted by atomic mass is 9.94. The van der Waals surface area contributed by atoms with E-state index in [0.717, 1.165) is 6.20 Å². The second kappa shape index (κ2) is 11.1. The predicted molar refractivity (Wildman–Crippen MR) is 126 cm³/mol. The summed E-state index contributed by atoms with van der Waals surface area (Å²) in [6.07, 6.45) is 0.760. The number of ether oxygens (including phenoxy) is 4. The van der Waals surface area contributed by atoms with Crippen LogP contribution in [-0.4, -0.2) is 85.6 Å². The first-order valence-electron chi connectivity index (χ1n) is 11.4. The Kier molecular flexibility index (Phi) is 8.44. The molecule has 0 saturated carbocycles. The molecule has 1 aliphatic rings. The van der Waals surface area contributed by atoms with Gasteiger partial charge < -0.3 is 24.3 Å². The van der Waals surface area contributed by atoms with Gasteiger partial charge in [-0.05, 0) is 33.3 Å². The summed E-state index contributed by atoms with van der Waals surface area (Å²) in [6, 6.07) is 3.01. The van der Waals surface area contributed by atoms with Gasteiger partial charge >= 0.3 is 12.1 Å². The summed E-state index contributed by atoms with van der Waals surface area (Å²) >= 11 is 0. The average molecular weight is 493 g/mol. The Balaban J connectivity index is 1.83. The Morgan fingerprint density at radius 3 is 2.63 bits per heavy atom. The van der Waals surface area contributed by atoms with Crippen molar-refractivity contribution in [2.45, 2.75) is 50.9 Å². The number of hydrogen-bond donors (Lipinski definition) is 1. The fourth-order valence-electron chi connectivity index (χ4n) is 4.18. The van der Waals surface area contributed by atoms with Gasteiger partial charge in [0.15, 0.2) is 0 Å². The molecule has 1 aliphatic heterocycles. The van der Waals surface area contributed by atoms with Gasteiger partial charge in [-0.25, -0.2) is 14.2 Å². The molecular weight excluding hydrogens is 459 g/mol. The summed E-state index contributed by atoms with van der Waals surface area (Å²) in [5.41, 5.74) is 0.161. The van der Waals surface area contributed by atoms with Crippen LogP contribution in [0.25, 0.3) is 11.0 Å². The van der Waals surface area contributed by atoms with Crippen molar-refractivity contribution in [1.29, 1.82) is 0 Å². The van der Waals surface area contributed by atoms with E-state index in [2.05, 4.69) is 15.3 Å². The van der Waals surface area contributed by atoms with Gasteiger partial charge in [0.25, 0.3) is 0 Å². The largest absolute Gasteiger partial charge is 0.481 e. The Hall–Kier alpha value is -3.05. The van der Waals surface area contributed by atoms with Crippen molar-refractivity contribution in [1.82, 2.24) is 20.2 Å². The third-order valence-electron chi connectivity index (χ3n) is 5.81. The van der Waals surface area contributed by atoms with Gasteiger partial charge in [0.1, 0.15) is 11.4 Å². The van der Waals surface area contributed by atoms with E-state index in [-0.39, 0.29) is 35.7 Å². The van der Waals surface area contributed by atoms with E-state index < -0.39 is 29.4 Å². The quantitative estimate of drug-likeness (QED) is 0.583. The van der Waals surface area contributed by atoms with Crippen LogP contribution in [0.3, 0.4) is 0 Å². The van der Waals surface area contributed by atoms with Crippen LogP contribution in [0.4, 0.5) is 9.18 Å². The van der Waals surface area contributed by atoms with Crippen LogP contribution in [0.1, 0.15) is 38.7 Å². The number of likely N-dealkylation sites (tertiary alicyclic amines) is 1. The van der Waals surface area contributed by atoms with Crippen LogP contribution < -0.4 is 10.1 Å². The third-order valence-corrected chi connectivity index (χ3v) is 5.81. The zero-order valence-electron chi connectivity index (χ0n) is 21.0. The molecule has 2 aromatic rings. The molecule has 11 heteroatoms. The SMILES string of the molecule is COC(=O)C(CN1CC[C@H](NC(=O)OC(C)(C)C)[C@H](OC)C1)c1c(F)cnc2ccc(OC)nc12. The van der Waals surface area contributed by atoms with Crippen LogP contribution in [0, 0.1) is 5.82 Å². The molecule has 0 spiro atoms. The van der Waals surface area contributed by atoms with Crippen molar-refractivity contribution in [3.8, 4) is 5.88 Å². The van der Waals surface area contributed by atoms with Crippen molar-refractivity contribution in [3.05, 3.63) is 29.7 Å². The molecule has 1 saturated heterocycles. The van der Waals surface area contributed by atoms with Crippen molar-refractivity contribution < 1.29 is 32.9 Å². The maximum Gasteiger partial charge on any atom is 0.407 e. The maximum absolute atomic E-state index is 15.1. The molecule has 192 valence electrons. The molecule has 1 N–H and O–H groups in total. The monoisotopic (exact) mass is 492 g/mol. The van der Waals surface area contributed by atoms with E-state index in [1.54, 1.807) is 40.0 Å². The number of nitrogens with zero attached hydrogens (tertiary/aromatic N) is 3. The molecule has 0 bridgehead atoms. The minimum atomic E-state index is -0.960. The van der Waals surface area contributed by atoms with Crippen molar-refractivity contribution in [2.24, 2.45) is 0 Å². The number of methoxy groups -OCH3 is 3. The van der Waals surface area contributed by atoms with Gasteiger partial charge in [-0.15, -0.1) is 0 Å². The summed E-state index contributed by atoms with van der Waals surface area (Å²) in [6.45, 7) is 6.49. The highest BCUT2D eigenvalue weighted by atomic mass is 19.1. The molecule has 35 heavy (non-hydrogen) atoms. The number of piperidine rings is 1. The predicted octanol–water partition coefficient (Wildman–Crippen LogP) is 2.65. The number of aromatic nitrogens is 2. The average Bonchev–Trinajstić information content (AvgIpc) is 2.81. The Labute approximate surface area is 204 Å². The fourth-order valence-corrected chi connectivity index (χ4v) is 4.18. The highest BCUT2D eigenvalue weighted by Gasteiger charge is 2.36. The molecule has 3 atom stereocenters. The number of hydrogen-bond acceptors (Lipinski definition) is 9. The van der Waals surface area contributed by atoms with E-state index >= 15 is 4.39 Å². The van der Waals surface area contributed by atoms with Crippen molar-refractivity contribution >= 4 is 23.1 Å². The van der Waals surface area contributed by atoms with Crippen molar-refractivity contribution in [3.63, 3.8) is 0 Å². The molecule has 1 unspecified atom stereocenters. The first kappa shape index (κ1) is 26.6. The first-order chi connectivity index (χ1) is 16.6. The van der Waals surface area contributed by atoms with Gasteiger partial charge in [-0.3, -0.25) is 14.7 Å². The number of carbonyl (C=O) groups excluding carboxylic acids is 2. The van der Waals surface area contributed by atoms with Gasteiger partial charge in [-0.1, -0.05) is 0 Å². The zero-order valence-corrected chi connectivity index (χ0v) is 21.0. The van der Waals surface area contributed by atoms with E-state index in [1.165, 1.54) is 14.2 Å². The molecule has 2 aromatic heterocycles. The molecular formula is C24H33FN4O6. The van der Waals surface area contributed by atoms with E-state index in [9.17, 15) is 9.59 Å². The molecule has 0 aromatic carbocycles. The number of fused-ring (bicyclic) bond motifs is 1. The number of halogens is 1. The molecule has 1 amide bonds. The minimum Gasteiger partial charge on any atom is -0.481 e. The van der Waals surface area contributed by atoms with Gasteiger partial charge in [-0.2, -0.15) is 0 Å². The van der Waals surface area contributed by atoms with Crippen molar-refractivity contribution in [2.75, 3.05) is 41.0 Å².